The zero-order valence-electron chi connectivity index (χ0n) is 6.11. The van der Waals surface area contributed by atoms with Crippen molar-refractivity contribution in [3.63, 3.8) is 0 Å². The Bertz CT molecular complexity index is 177. The van der Waals surface area contributed by atoms with E-state index in [0.717, 1.165) is 0 Å². The van der Waals surface area contributed by atoms with Crippen LogP contribution in [0.15, 0.2) is 37.2 Å². The molecule has 0 unspecified atom stereocenters. The van der Waals surface area contributed by atoms with Crippen molar-refractivity contribution in [1.82, 2.24) is 6.15 Å². The van der Waals surface area contributed by atoms with Crippen molar-refractivity contribution in [3.05, 3.63) is 37.2 Å². The van der Waals surface area contributed by atoms with Gasteiger partial charge in [0.15, 0.2) is 18.6 Å². The molecule has 0 fully saturated rings. The molecule has 0 saturated carbocycles. The summed E-state index contributed by atoms with van der Waals surface area (Å²) in [7, 11) is 0. The van der Waals surface area contributed by atoms with E-state index in [1.165, 1.54) is 0 Å². The molecule has 64 valence electrons. The van der Waals surface area contributed by atoms with E-state index in [0.29, 0.717) is 0 Å². The average Bonchev–Trinajstić information content (AvgIpc) is 1.90. The Morgan fingerprint density at radius 1 is 1.09 bits per heavy atom. The third-order valence-electron chi connectivity index (χ3n) is 0.949. The zero-order chi connectivity index (χ0) is 5.82. The van der Waals surface area contributed by atoms with Crippen molar-refractivity contribution in [1.29, 1.82) is 0 Å². The second-order valence-corrected chi connectivity index (χ2v) is 1.51. The van der Waals surface area contributed by atoms with Crippen LogP contribution in [0.5, 0.6) is 0 Å². The lowest BCUT2D eigenvalue weighted by molar-refractivity contribution is -0.567. The van der Waals surface area contributed by atoms with Crippen molar-refractivity contribution in [2.45, 2.75) is 0 Å². The highest BCUT2D eigenvalue weighted by molar-refractivity contribution is 5.85. The molecule has 1 heterocycles. The molecule has 0 aliphatic rings. The van der Waals surface area contributed by atoms with Crippen LogP contribution in [0.1, 0.15) is 0 Å². The Morgan fingerprint density at radius 3 is 1.82 bits per heavy atom. The molecular weight excluding hydrogens is 183 g/mol. The van der Waals surface area contributed by atoms with E-state index in [2.05, 4.69) is 6.58 Å². The molecule has 0 aliphatic heterocycles. The molecule has 1 aromatic heterocycles. The fourth-order valence-electron chi connectivity index (χ4n) is 0.534. The van der Waals surface area contributed by atoms with E-state index in [-0.39, 0.29) is 31.0 Å². The van der Waals surface area contributed by atoms with Gasteiger partial charge in [0.05, 0.1) is 0 Å². The quantitative estimate of drug-likeness (QED) is 0.553. The predicted molar refractivity (Wildman–Crippen MR) is 45.3 cm³/mol. The number of pyridine rings is 1. The van der Waals surface area contributed by atoms with Crippen LogP contribution in [-0.2, 0) is 0 Å². The molecule has 0 aromatic carbocycles. The highest BCUT2D eigenvalue weighted by atomic mass is 35.5. The van der Waals surface area contributed by atoms with Crippen LogP contribution in [-0.4, -0.2) is 0 Å². The molecule has 3 N–H and O–H groups in total. The summed E-state index contributed by atoms with van der Waals surface area (Å²) >= 11 is 0. The molecule has 0 saturated heterocycles. The largest absolute Gasteiger partial charge is 1.00 e. The van der Waals surface area contributed by atoms with Gasteiger partial charge in [-0.15, -0.1) is 12.4 Å². The van der Waals surface area contributed by atoms with Gasteiger partial charge in [0.2, 0.25) is 0 Å². The van der Waals surface area contributed by atoms with Gasteiger partial charge in [-0.3, -0.25) is 0 Å². The highest BCUT2D eigenvalue weighted by Gasteiger charge is 1.83. The number of hydrogen-bond acceptors (Lipinski definition) is 1. The molecule has 0 radical (unpaired) electrons. The lowest BCUT2D eigenvalue weighted by atomic mass is 10.5. The summed E-state index contributed by atoms with van der Waals surface area (Å²) in [6, 6.07) is 5.89. The fraction of sp³-hybridized carbons (Fsp3) is 0. The van der Waals surface area contributed by atoms with Gasteiger partial charge in [0, 0.05) is 12.1 Å². The van der Waals surface area contributed by atoms with Crippen LogP contribution in [0.2, 0.25) is 0 Å². The second kappa shape index (κ2) is 9.43. The van der Waals surface area contributed by atoms with E-state index in [9.17, 15) is 0 Å². The summed E-state index contributed by atoms with van der Waals surface area (Å²) in [5.74, 6) is 0. The second-order valence-electron chi connectivity index (χ2n) is 1.51. The molecule has 0 amide bonds. The minimum absolute atomic E-state index is 0. The van der Waals surface area contributed by atoms with Crippen LogP contribution >= 0.6 is 12.4 Å². The monoisotopic (exact) mass is 194 g/mol. The standard InChI is InChI=1S/C7H8N.2ClH.H3N/c1-2-8-6-4-3-5-7-8;;;/h2-7H,1H2;2*1H;1H3/q+1;;;/p-1. The van der Waals surface area contributed by atoms with Crippen molar-refractivity contribution in [2.24, 2.45) is 0 Å². The zero-order valence-corrected chi connectivity index (χ0v) is 7.68. The first-order valence-corrected chi connectivity index (χ1v) is 2.52. The minimum Gasteiger partial charge on any atom is -1.00 e. The molecule has 2 nitrogen and oxygen atoms in total. The van der Waals surface area contributed by atoms with Crippen molar-refractivity contribution < 1.29 is 17.0 Å². The Kier molecular flexibility index (Phi) is 14.4. The summed E-state index contributed by atoms with van der Waals surface area (Å²) < 4.78 is 1.89. The van der Waals surface area contributed by atoms with E-state index in [1.54, 1.807) is 6.20 Å². The van der Waals surface area contributed by atoms with Crippen LogP contribution in [0.25, 0.3) is 6.20 Å². The van der Waals surface area contributed by atoms with Gasteiger partial charge in [0.25, 0.3) is 0 Å². The maximum Gasteiger partial charge on any atom is 0.174 e. The highest BCUT2D eigenvalue weighted by Crippen LogP contribution is 1.74. The fourth-order valence-corrected chi connectivity index (χ4v) is 0.534. The number of rotatable bonds is 1. The number of hydrogen-bond donors (Lipinski definition) is 1. The summed E-state index contributed by atoms with van der Waals surface area (Å²) in [6.07, 6.45) is 5.62. The Hall–Kier alpha value is -0.570. The number of halogens is 2. The Morgan fingerprint density at radius 2 is 1.55 bits per heavy atom. The smallest absolute Gasteiger partial charge is 0.174 e. The molecular formula is C7H12Cl2N2. The first kappa shape index (κ1) is 16.8. The Balaban J connectivity index is -0.000000213. The van der Waals surface area contributed by atoms with Crippen LogP contribution in [0, 0.1) is 0 Å². The van der Waals surface area contributed by atoms with Crippen molar-refractivity contribution >= 4 is 18.6 Å². The van der Waals surface area contributed by atoms with E-state index in [1.807, 2.05) is 35.2 Å². The summed E-state index contributed by atoms with van der Waals surface area (Å²) in [4.78, 5) is 0. The molecule has 11 heavy (non-hydrogen) atoms. The Labute approximate surface area is 79.3 Å². The molecule has 0 atom stereocenters. The van der Waals surface area contributed by atoms with Crippen LogP contribution in [0.4, 0.5) is 0 Å². The molecule has 1 rings (SSSR count). The van der Waals surface area contributed by atoms with Gasteiger partial charge in [0.1, 0.15) is 0 Å². The lowest BCUT2D eigenvalue weighted by Gasteiger charge is -1.79. The van der Waals surface area contributed by atoms with Crippen molar-refractivity contribution in [2.75, 3.05) is 0 Å². The average molecular weight is 195 g/mol. The lowest BCUT2D eigenvalue weighted by Crippen LogP contribution is -3.00. The van der Waals surface area contributed by atoms with Gasteiger partial charge in [-0.2, -0.15) is 4.57 Å². The SMILES string of the molecule is C=C[n+]1ccccc1.Cl.N.[Cl-]. The number of nitrogens with zero attached hydrogens (tertiary/aromatic N) is 1. The first-order chi connectivity index (χ1) is 3.93. The third kappa shape index (κ3) is 5.85. The topological polar surface area (TPSA) is 38.9 Å². The van der Waals surface area contributed by atoms with Gasteiger partial charge in [-0.05, 0) is 6.58 Å². The van der Waals surface area contributed by atoms with Gasteiger partial charge in [-0.25, -0.2) is 0 Å². The maximum atomic E-state index is 3.59. The third-order valence-corrected chi connectivity index (χ3v) is 0.949. The molecule has 1 aromatic rings. The van der Waals surface area contributed by atoms with E-state index >= 15 is 0 Å². The van der Waals surface area contributed by atoms with Crippen molar-refractivity contribution in [3.8, 4) is 0 Å². The summed E-state index contributed by atoms with van der Waals surface area (Å²) in [5.41, 5.74) is 0. The predicted octanol–water partition coefficient (Wildman–Crippen LogP) is -1.34. The first-order valence-electron chi connectivity index (χ1n) is 2.52. The van der Waals surface area contributed by atoms with Crippen LogP contribution in [0.3, 0.4) is 0 Å². The molecule has 0 aliphatic carbocycles. The molecule has 0 bridgehead atoms. The number of aromatic nitrogens is 1. The van der Waals surface area contributed by atoms with E-state index in [4.69, 9.17) is 0 Å². The van der Waals surface area contributed by atoms with Crippen LogP contribution < -0.4 is 23.1 Å². The van der Waals surface area contributed by atoms with Gasteiger partial charge in [-0.1, -0.05) is 6.07 Å². The van der Waals surface area contributed by atoms with Gasteiger partial charge < -0.3 is 18.6 Å². The molecule has 4 heteroatoms. The van der Waals surface area contributed by atoms with E-state index < -0.39 is 0 Å². The summed E-state index contributed by atoms with van der Waals surface area (Å²) in [6.45, 7) is 3.59. The summed E-state index contributed by atoms with van der Waals surface area (Å²) in [5, 5.41) is 0. The minimum atomic E-state index is 0. The normalized spacial score (nSPS) is 6.18. The molecule has 0 spiro atoms. The van der Waals surface area contributed by atoms with Gasteiger partial charge >= 0.3 is 0 Å². The maximum absolute atomic E-state index is 3.59.